The number of carbonyl (C=O) groups excluding carboxylic acids is 1. The van der Waals surface area contributed by atoms with Crippen molar-refractivity contribution in [3.8, 4) is 0 Å². The molecule has 0 bridgehead atoms. The van der Waals surface area contributed by atoms with Gasteiger partial charge in [-0.05, 0) is 31.6 Å². The third-order valence-corrected chi connectivity index (χ3v) is 3.78. The molecule has 1 rings (SSSR count). The van der Waals surface area contributed by atoms with Crippen molar-refractivity contribution in [3.05, 3.63) is 0 Å². The fraction of sp³-hybridized carbons (Fsp3) is 0.917. The second-order valence-corrected chi connectivity index (χ2v) is 6.62. The molecule has 0 aliphatic heterocycles. The Hall–Kier alpha value is -0.530. The summed E-state index contributed by atoms with van der Waals surface area (Å²) in [7, 11) is 0. The van der Waals surface area contributed by atoms with Crippen LogP contribution in [0.5, 0.6) is 0 Å². The van der Waals surface area contributed by atoms with Crippen molar-refractivity contribution in [2.75, 3.05) is 0 Å². The van der Waals surface area contributed by atoms with Crippen LogP contribution < -0.4 is 5.32 Å². The van der Waals surface area contributed by atoms with Crippen LogP contribution in [-0.2, 0) is 4.79 Å². The summed E-state index contributed by atoms with van der Waals surface area (Å²) in [6, 6.07) is 0. The zero-order chi connectivity index (χ0) is 11.4. The van der Waals surface area contributed by atoms with Gasteiger partial charge in [-0.2, -0.15) is 0 Å². The molecule has 0 aromatic carbocycles. The molecular formula is C12H23NO. The van der Waals surface area contributed by atoms with Crippen LogP contribution in [0.2, 0.25) is 0 Å². The van der Waals surface area contributed by atoms with E-state index >= 15 is 0 Å². The Morgan fingerprint density at radius 3 is 1.64 bits per heavy atom. The van der Waals surface area contributed by atoms with Gasteiger partial charge in [-0.25, -0.2) is 0 Å². The van der Waals surface area contributed by atoms with E-state index in [1.54, 1.807) is 0 Å². The topological polar surface area (TPSA) is 29.1 Å². The highest BCUT2D eigenvalue weighted by Gasteiger charge is 2.68. The monoisotopic (exact) mass is 197 g/mol. The number of rotatable bonds is 1. The van der Waals surface area contributed by atoms with Crippen LogP contribution in [0.15, 0.2) is 0 Å². The van der Waals surface area contributed by atoms with Gasteiger partial charge in [0.05, 0.1) is 0 Å². The first-order valence-electron chi connectivity index (χ1n) is 5.32. The van der Waals surface area contributed by atoms with E-state index in [1.807, 2.05) is 20.8 Å². The molecule has 1 saturated carbocycles. The van der Waals surface area contributed by atoms with Crippen LogP contribution in [0.3, 0.4) is 0 Å². The van der Waals surface area contributed by atoms with Crippen molar-refractivity contribution in [1.82, 2.24) is 5.32 Å². The van der Waals surface area contributed by atoms with E-state index in [-0.39, 0.29) is 28.2 Å². The second-order valence-electron chi connectivity index (χ2n) is 6.62. The SMILES string of the molecule is CC(C)(C)NC(=O)C1C(C)(C)C1(C)C. The molecule has 0 radical (unpaired) electrons. The van der Waals surface area contributed by atoms with Crippen LogP contribution in [0.1, 0.15) is 48.5 Å². The van der Waals surface area contributed by atoms with Crippen molar-refractivity contribution in [3.63, 3.8) is 0 Å². The first kappa shape index (κ1) is 11.5. The summed E-state index contributed by atoms with van der Waals surface area (Å²) in [6.45, 7) is 14.7. The van der Waals surface area contributed by atoms with E-state index in [0.717, 1.165) is 0 Å². The third-order valence-electron chi connectivity index (χ3n) is 3.78. The van der Waals surface area contributed by atoms with E-state index < -0.39 is 0 Å². The maximum absolute atomic E-state index is 11.9. The van der Waals surface area contributed by atoms with E-state index in [1.165, 1.54) is 0 Å². The lowest BCUT2D eigenvalue weighted by atomic mass is 10.0. The molecule has 1 amide bonds. The van der Waals surface area contributed by atoms with Crippen LogP contribution in [0, 0.1) is 16.7 Å². The molecule has 0 atom stereocenters. The predicted octanol–water partition coefficient (Wildman–Crippen LogP) is 2.58. The standard InChI is InChI=1S/C12H23NO/c1-10(2,3)13-9(14)8-11(4,5)12(8,6)7/h8H,1-7H3,(H,13,14). The average Bonchev–Trinajstić information content (AvgIpc) is 2.17. The second kappa shape index (κ2) is 2.74. The lowest BCUT2D eigenvalue weighted by Gasteiger charge is -2.21. The molecule has 1 N–H and O–H groups in total. The van der Waals surface area contributed by atoms with Crippen molar-refractivity contribution >= 4 is 5.91 Å². The van der Waals surface area contributed by atoms with Gasteiger partial charge in [-0.1, -0.05) is 27.7 Å². The molecule has 0 unspecified atom stereocenters. The molecule has 2 nitrogen and oxygen atoms in total. The van der Waals surface area contributed by atoms with Gasteiger partial charge in [0.1, 0.15) is 0 Å². The molecule has 14 heavy (non-hydrogen) atoms. The Morgan fingerprint density at radius 1 is 1.07 bits per heavy atom. The molecule has 82 valence electrons. The predicted molar refractivity (Wildman–Crippen MR) is 58.9 cm³/mol. The van der Waals surface area contributed by atoms with Gasteiger partial charge < -0.3 is 5.32 Å². The minimum absolute atomic E-state index is 0.119. The maximum atomic E-state index is 11.9. The molecule has 0 heterocycles. The molecular weight excluding hydrogens is 174 g/mol. The number of amides is 1. The Balaban J connectivity index is 2.68. The Kier molecular flexibility index (Phi) is 2.26. The van der Waals surface area contributed by atoms with Gasteiger partial charge >= 0.3 is 0 Å². The highest BCUT2D eigenvalue weighted by Crippen LogP contribution is 2.68. The summed E-state index contributed by atoms with van der Waals surface area (Å²) in [5.41, 5.74) is 0.163. The smallest absolute Gasteiger partial charge is 0.224 e. The lowest BCUT2D eigenvalue weighted by molar-refractivity contribution is -0.124. The number of carbonyl (C=O) groups is 1. The van der Waals surface area contributed by atoms with Gasteiger partial charge in [-0.15, -0.1) is 0 Å². The van der Waals surface area contributed by atoms with Crippen LogP contribution in [-0.4, -0.2) is 11.4 Å². The third kappa shape index (κ3) is 1.67. The zero-order valence-corrected chi connectivity index (χ0v) is 10.5. The van der Waals surface area contributed by atoms with Crippen LogP contribution in [0.25, 0.3) is 0 Å². The van der Waals surface area contributed by atoms with Gasteiger partial charge in [0, 0.05) is 11.5 Å². The lowest BCUT2D eigenvalue weighted by Crippen LogP contribution is -2.42. The van der Waals surface area contributed by atoms with E-state index in [0.29, 0.717) is 0 Å². The van der Waals surface area contributed by atoms with Crippen LogP contribution in [0.4, 0.5) is 0 Å². The molecule has 0 spiro atoms. The summed E-state index contributed by atoms with van der Waals surface area (Å²) >= 11 is 0. The molecule has 0 saturated heterocycles. The molecule has 1 aliphatic carbocycles. The minimum atomic E-state index is -0.119. The quantitative estimate of drug-likeness (QED) is 0.688. The first-order valence-corrected chi connectivity index (χ1v) is 5.32. The highest BCUT2D eigenvalue weighted by molar-refractivity contribution is 5.84. The molecule has 1 fully saturated rings. The summed E-state index contributed by atoms with van der Waals surface area (Å²) in [6.07, 6.45) is 0. The van der Waals surface area contributed by atoms with Crippen molar-refractivity contribution in [2.24, 2.45) is 16.7 Å². The fourth-order valence-corrected chi connectivity index (χ4v) is 2.29. The largest absolute Gasteiger partial charge is 0.351 e. The van der Waals surface area contributed by atoms with Gasteiger partial charge in [0.25, 0.3) is 0 Å². The normalized spacial score (nSPS) is 24.5. The summed E-state index contributed by atoms with van der Waals surface area (Å²) in [5, 5.41) is 3.05. The summed E-state index contributed by atoms with van der Waals surface area (Å²) < 4.78 is 0. The maximum Gasteiger partial charge on any atom is 0.224 e. The van der Waals surface area contributed by atoms with E-state index in [9.17, 15) is 4.79 Å². The Labute approximate surface area is 87.5 Å². The molecule has 2 heteroatoms. The summed E-state index contributed by atoms with van der Waals surface area (Å²) in [5.74, 6) is 0.363. The number of hydrogen-bond donors (Lipinski definition) is 1. The van der Waals surface area contributed by atoms with Crippen molar-refractivity contribution < 1.29 is 4.79 Å². The number of hydrogen-bond acceptors (Lipinski definition) is 1. The highest BCUT2D eigenvalue weighted by atomic mass is 16.2. The zero-order valence-electron chi connectivity index (χ0n) is 10.5. The molecule has 1 aliphatic rings. The Bertz CT molecular complexity index is 244. The van der Waals surface area contributed by atoms with E-state index in [4.69, 9.17) is 0 Å². The van der Waals surface area contributed by atoms with Crippen molar-refractivity contribution in [1.29, 1.82) is 0 Å². The van der Waals surface area contributed by atoms with Gasteiger partial charge in [0.2, 0.25) is 5.91 Å². The Morgan fingerprint density at radius 2 is 1.43 bits per heavy atom. The fourth-order valence-electron chi connectivity index (χ4n) is 2.29. The van der Waals surface area contributed by atoms with Gasteiger partial charge in [0.15, 0.2) is 0 Å². The van der Waals surface area contributed by atoms with E-state index in [2.05, 4.69) is 33.0 Å². The molecule has 0 aromatic heterocycles. The first-order chi connectivity index (χ1) is 6.00. The molecule has 0 aromatic rings. The average molecular weight is 197 g/mol. The minimum Gasteiger partial charge on any atom is -0.351 e. The number of nitrogens with one attached hydrogen (secondary N) is 1. The van der Waals surface area contributed by atoms with Crippen molar-refractivity contribution in [2.45, 2.75) is 54.0 Å². The van der Waals surface area contributed by atoms with Crippen LogP contribution >= 0.6 is 0 Å². The van der Waals surface area contributed by atoms with Gasteiger partial charge in [-0.3, -0.25) is 4.79 Å². The summed E-state index contributed by atoms with van der Waals surface area (Å²) in [4.78, 5) is 11.9.